The van der Waals surface area contributed by atoms with Crippen LogP contribution in [0, 0.1) is 11.6 Å². The number of aromatic nitrogens is 1. The number of benzene rings is 2. The number of fused-ring (bicyclic) bond motifs is 1. The van der Waals surface area contributed by atoms with E-state index in [0.717, 1.165) is 24.3 Å². The summed E-state index contributed by atoms with van der Waals surface area (Å²) in [5.74, 6) is -3.09. The van der Waals surface area contributed by atoms with E-state index in [9.17, 15) is 31.9 Å². The number of hydrogen-bond donors (Lipinski definition) is 2. The lowest BCUT2D eigenvalue weighted by Gasteiger charge is -2.12. The number of aliphatic hydroxyl groups excluding tert-OH is 1. The van der Waals surface area contributed by atoms with E-state index in [-0.39, 0.29) is 22.5 Å². The molecule has 0 saturated heterocycles. The predicted octanol–water partition coefficient (Wildman–Crippen LogP) is 5.65. The molecule has 1 amide bonds. The Balaban J connectivity index is 1.73. The van der Waals surface area contributed by atoms with Gasteiger partial charge >= 0.3 is 6.18 Å². The number of pyridine rings is 1. The minimum absolute atomic E-state index is 0.138. The van der Waals surface area contributed by atoms with Crippen molar-refractivity contribution in [3.63, 3.8) is 0 Å². The van der Waals surface area contributed by atoms with Crippen molar-refractivity contribution in [1.82, 2.24) is 4.40 Å². The molecule has 9 heteroatoms. The van der Waals surface area contributed by atoms with E-state index in [1.54, 1.807) is 0 Å². The van der Waals surface area contributed by atoms with Crippen LogP contribution in [0.25, 0.3) is 16.8 Å². The Labute approximate surface area is 178 Å². The first-order valence-corrected chi connectivity index (χ1v) is 9.37. The van der Waals surface area contributed by atoms with Gasteiger partial charge < -0.3 is 14.8 Å². The second-order valence-corrected chi connectivity index (χ2v) is 6.98. The smallest absolute Gasteiger partial charge is 0.392 e. The number of amides is 1. The topological polar surface area (TPSA) is 53.7 Å². The third-order valence-electron chi connectivity index (χ3n) is 4.98. The molecule has 0 unspecified atom stereocenters. The summed E-state index contributed by atoms with van der Waals surface area (Å²) in [5.41, 5.74) is -0.895. The molecule has 2 N–H and O–H groups in total. The molecular weight excluding hydrogens is 431 g/mol. The van der Waals surface area contributed by atoms with Crippen molar-refractivity contribution in [3.05, 3.63) is 95.2 Å². The van der Waals surface area contributed by atoms with Gasteiger partial charge in [-0.3, -0.25) is 4.79 Å². The Morgan fingerprint density at radius 2 is 1.62 bits per heavy atom. The third kappa shape index (κ3) is 3.82. The van der Waals surface area contributed by atoms with Crippen LogP contribution in [-0.2, 0) is 12.8 Å². The monoisotopic (exact) mass is 446 g/mol. The zero-order valence-electron chi connectivity index (χ0n) is 16.3. The fourth-order valence-corrected chi connectivity index (χ4v) is 3.52. The minimum Gasteiger partial charge on any atom is -0.392 e. The fraction of sp³-hybridized carbons (Fsp3) is 0.0870. The van der Waals surface area contributed by atoms with Crippen molar-refractivity contribution < 1.29 is 31.9 Å². The van der Waals surface area contributed by atoms with E-state index in [2.05, 4.69) is 5.32 Å². The lowest BCUT2D eigenvalue weighted by molar-refractivity contribution is -0.137. The highest BCUT2D eigenvalue weighted by Crippen LogP contribution is 2.40. The van der Waals surface area contributed by atoms with Gasteiger partial charge in [0.25, 0.3) is 5.91 Å². The molecule has 0 fully saturated rings. The maximum absolute atomic E-state index is 13.8. The van der Waals surface area contributed by atoms with Gasteiger partial charge in [0.15, 0.2) is 0 Å². The highest BCUT2D eigenvalue weighted by molar-refractivity contribution is 6.04. The van der Waals surface area contributed by atoms with Gasteiger partial charge in [-0.2, -0.15) is 13.2 Å². The Kier molecular flexibility index (Phi) is 5.43. The molecule has 0 aliphatic rings. The second kappa shape index (κ2) is 8.08. The van der Waals surface area contributed by atoms with Crippen molar-refractivity contribution in [2.75, 3.05) is 5.32 Å². The van der Waals surface area contributed by atoms with Gasteiger partial charge in [0.1, 0.15) is 17.2 Å². The van der Waals surface area contributed by atoms with Gasteiger partial charge in [0.2, 0.25) is 0 Å². The average molecular weight is 446 g/mol. The van der Waals surface area contributed by atoms with Gasteiger partial charge in [0.05, 0.1) is 23.4 Å². The predicted molar refractivity (Wildman–Crippen MR) is 108 cm³/mol. The lowest BCUT2D eigenvalue weighted by Crippen LogP contribution is -2.15. The number of nitrogens with zero attached hydrogens (tertiary/aromatic N) is 1. The Morgan fingerprint density at radius 3 is 2.22 bits per heavy atom. The van der Waals surface area contributed by atoms with E-state index in [1.165, 1.54) is 47.0 Å². The maximum atomic E-state index is 13.8. The summed E-state index contributed by atoms with van der Waals surface area (Å²) in [5, 5.41) is 11.8. The standard InChI is InChI=1S/C23H15F5N2O2/c24-17-4-1-5-18(25)20(17)22(32)29-15-8-6-13(7-9-15)21-16(23(26,27)28)11-19-14(12-31)3-2-10-30(19)21/h1-11,31H,12H2,(H,29,32). The van der Waals surface area contributed by atoms with Gasteiger partial charge in [-0.05, 0) is 42.0 Å². The quantitative estimate of drug-likeness (QED) is 0.398. The van der Waals surface area contributed by atoms with Crippen LogP contribution in [0.5, 0.6) is 0 Å². The number of halogens is 5. The highest BCUT2D eigenvalue weighted by Gasteiger charge is 2.36. The SMILES string of the molecule is O=C(Nc1ccc(-c2c(C(F)(F)F)cc3c(CO)cccn23)cc1)c1c(F)cccc1F. The van der Waals surface area contributed by atoms with Crippen molar-refractivity contribution >= 4 is 17.1 Å². The number of rotatable bonds is 4. The maximum Gasteiger partial charge on any atom is 0.418 e. The number of anilines is 1. The number of carbonyl (C=O) groups excluding carboxylic acids is 1. The van der Waals surface area contributed by atoms with Crippen LogP contribution in [0.3, 0.4) is 0 Å². The molecule has 0 bridgehead atoms. The first-order valence-electron chi connectivity index (χ1n) is 9.37. The molecular formula is C23H15F5N2O2. The van der Waals surface area contributed by atoms with Crippen LogP contribution in [0.1, 0.15) is 21.5 Å². The molecule has 0 aliphatic heterocycles. The van der Waals surface area contributed by atoms with E-state index < -0.39 is 41.5 Å². The zero-order valence-corrected chi connectivity index (χ0v) is 16.3. The van der Waals surface area contributed by atoms with E-state index in [4.69, 9.17) is 0 Å². The molecule has 2 aromatic carbocycles. The van der Waals surface area contributed by atoms with Gasteiger partial charge in [-0.15, -0.1) is 0 Å². The number of carbonyl (C=O) groups is 1. The molecule has 32 heavy (non-hydrogen) atoms. The molecule has 164 valence electrons. The highest BCUT2D eigenvalue weighted by atomic mass is 19.4. The molecule has 0 atom stereocenters. The molecule has 2 heterocycles. The molecule has 4 nitrogen and oxygen atoms in total. The van der Waals surface area contributed by atoms with Crippen LogP contribution in [0.4, 0.5) is 27.6 Å². The largest absolute Gasteiger partial charge is 0.418 e. The van der Waals surface area contributed by atoms with Gasteiger partial charge in [-0.1, -0.05) is 24.3 Å². The van der Waals surface area contributed by atoms with E-state index in [0.29, 0.717) is 5.56 Å². The number of alkyl halides is 3. The molecule has 4 rings (SSSR count). The average Bonchev–Trinajstić information content (AvgIpc) is 3.14. The summed E-state index contributed by atoms with van der Waals surface area (Å²) in [6.07, 6.45) is -3.20. The van der Waals surface area contributed by atoms with E-state index in [1.807, 2.05) is 0 Å². The second-order valence-electron chi connectivity index (χ2n) is 6.98. The summed E-state index contributed by atoms with van der Waals surface area (Å²) >= 11 is 0. The van der Waals surface area contributed by atoms with E-state index >= 15 is 0 Å². The summed E-state index contributed by atoms with van der Waals surface area (Å²) < 4.78 is 70.1. The van der Waals surface area contributed by atoms with Crippen molar-refractivity contribution in [1.29, 1.82) is 0 Å². The van der Waals surface area contributed by atoms with Crippen molar-refractivity contribution in [2.24, 2.45) is 0 Å². The Bertz CT molecular complexity index is 1290. The van der Waals surface area contributed by atoms with Crippen molar-refractivity contribution in [2.45, 2.75) is 12.8 Å². The first-order chi connectivity index (χ1) is 15.2. The van der Waals surface area contributed by atoms with Crippen LogP contribution < -0.4 is 5.32 Å². The minimum atomic E-state index is -4.65. The normalized spacial score (nSPS) is 11.7. The molecule has 0 saturated carbocycles. The summed E-state index contributed by atoms with van der Waals surface area (Å²) in [4.78, 5) is 12.2. The molecule has 2 aromatic heterocycles. The first kappa shape index (κ1) is 21.5. The lowest BCUT2D eigenvalue weighted by atomic mass is 10.1. The van der Waals surface area contributed by atoms with Gasteiger partial charge in [-0.25, -0.2) is 8.78 Å². The summed E-state index contributed by atoms with van der Waals surface area (Å²) in [7, 11) is 0. The molecule has 0 spiro atoms. The molecule has 0 aliphatic carbocycles. The Hall–Kier alpha value is -3.72. The molecule has 0 radical (unpaired) electrons. The summed E-state index contributed by atoms with van der Waals surface area (Å²) in [6, 6.07) is 12.4. The van der Waals surface area contributed by atoms with Crippen LogP contribution in [-0.4, -0.2) is 15.4 Å². The number of aliphatic hydroxyl groups is 1. The zero-order chi connectivity index (χ0) is 23.0. The van der Waals surface area contributed by atoms with Gasteiger partial charge in [0, 0.05) is 17.4 Å². The van der Waals surface area contributed by atoms with Crippen LogP contribution in [0.15, 0.2) is 66.9 Å². The fourth-order valence-electron chi connectivity index (χ4n) is 3.52. The number of nitrogens with one attached hydrogen (secondary N) is 1. The van der Waals surface area contributed by atoms with Crippen molar-refractivity contribution in [3.8, 4) is 11.3 Å². The third-order valence-corrected chi connectivity index (χ3v) is 4.98. The van der Waals surface area contributed by atoms with Crippen LogP contribution in [0.2, 0.25) is 0 Å². The molecule has 4 aromatic rings. The van der Waals surface area contributed by atoms with Crippen LogP contribution >= 0.6 is 0 Å². The summed E-state index contributed by atoms with van der Waals surface area (Å²) in [6.45, 7) is -0.428. The Morgan fingerprint density at radius 1 is 0.969 bits per heavy atom. The number of hydrogen-bond acceptors (Lipinski definition) is 2.